The van der Waals surface area contributed by atoms with Gasteiger partial charge in [-0.3, -0.25) is 4.79 Å². The predicted molar refractivity (Wildman–Crippen MR) is 90.2 cm³/mol. The van der Waals surface area contributed by atoms with E-state index in [2.05, 4.69) is 10.5 Å². The summed E-state index contributed by atoms with van der Waals surface area (Å²) >= 11 is 0. The van der Waals surface area contributed by atoms with E-state index >= 15 is 0 Å². The van der Waals surface area contributed by atoms with E-state index in [0.717, 1.165) is 5.56 Å². The lowest BCUT2D eigenvalue weighted by Gasteiger charge is -2.08. The molecule has 0 aliphatic heterocycles. The first-order valence-corrected chi connectivity index (χ1v) is 7.43. The second kappa shape index (κ2) is 8.10. The molecule has 0 aliphatic carbocycles. The minimum Gasteiger partial charge on any atom is -0.497 e. The molecule has 24 heavy (non-hydrogen) atoms. The number of rotatable bonds is 6. The minimum atomic E-state index is -0.389. The smallest absolute Gasteiger partial charge is 0.271 e. The molecule has 0 aromatic heterocycles. The Morgan fingerprint density at radius 2 is 1.62 bits per heavy atom. The summed E-state index contributed by atoms with van der Waals surface area (Å²) in [4.78, 5) is 12.3. The number of halogens is 1. The Morgan fingerprint density at radius 1 is 1.04 bits per heavy atom. The maximum absolute atomic E-state index is 13.0. The van der Waals surface area contributed by atoms with Crippen LogP contribution in [0, 0.1) is 5.82 Å². The van der Waals surface area contributed by atoms with Crippen LogP contribution in [0.25, 0.3) is 0 Å². The van der Waals surface area contributed by atoms with Gasteiger partial charge in [0.05, 0.1) is 19.9 Å². The molecule has 0 unspecified atom stereocenters. The van der Waals surface area contributed by atoms with Crippen LogP contribution in [0.4, 0.5) is 4.39 Å². The third-order valence-electron chi connectivity index (χ3n) is 3.42. The summed E-state index contributed by atoms with van der Waals surface area (Å²) in [6, 6.07) is 10.8. The van der Waals surface area contributed by atoms with Gasteiger partial charge in [0.1, 0.15) is 17.3 Å². The largest absolute Gasteiger partial charge is 0.497 e. The monoisotopic (exact) mass is 330 g/mol. The number of ether oxygens (including phenoxy) is 2. The highest BCUT2D eigenvalue weighted by Gasteiger charge is 2.10. The summed E-state index contributed by atoms with van der Waals surface area (Å²) in [5, 5.41) is 4.14. The van der Waals surface area contributed by atoms with Gasteiger partial charge in [-0.2, -0.15) is 5.10 Å². The van der Waals surface area contributed by atoms with Crippen molar-refractivity contribution in [1.29, 1.82) is 0 Å². The number of nitrogens with one attached hydrogen (secondary N) is 1. The van der Waals surface area contributed by atoms with Crippen LogP contribution in [0.5, 0.6) is 11.5 Å². The van der Waals surface area contributed by atoms with E-state index in [1.807, 2.05) is 6.92 Å². The van der Waals surface area contributed by atoms with E-state index in [1.54, 1.807) is 30.3 Å². The van der Waals surface area contributed by atoms with E-state index in [0.29, 0.717) is 29.2 Å². The average molecular weight is 330 g/mol. The number of hydrogen-bond donors (Lipinski definition) is 1. The maximum atomic E-state index is 13.0. The molecule has 0 heterocycles. The van der Waals surface area contributed by atoms with Crippen molar-refractivity contribution in [2.24, 2.45) is 5.10 Å². The first-order valence-electron chi connectivity index (χ1n) is 7.43. The van der Waals surface area contributed by atoms with Crippen molar-refractivity contribution in [3.63, 3.8) is 0 Å². The maximum Gasteiger partial charge on any atom is 0.271 e. The lowest BCUT2D eigenvalue weighted by Crippen LogP contribution is -2.20. The van der Waals surface area contributed by atoms with Gasteiger partial charge in [0.25, 0.3) is 5.91 Å². The number of carbonyl (C=O) groups is 1. The molecular formula is C18H19FN2O3. The molecule has 5 nitrogen and oxygen atoms in total. The van der Waals surface area contributed by atoms with Gasteiger partial charge < -0.3 is 9.47 Å². The van der Waals surface area contributed by atoms with E-state index in [4.69, 9.17) is 9.47 Å². The standard InChI is InChI=1S/C18H19FN2O3/c1-4-17(12-5-7-14(19)8-6-12)20-21-18(22)13-9-15(23-2)11-16(10-13)24-3/h5-11H,4H2,1-3H3,(H,21,22)/b20-17-. The summed E-state index contributed by atoms with van der Waals surface area (Å²) in [6.07, 6.45) is 0.591. The minimum absolute atomic E-state index is 0.318. The molecular weight excluding hydrogens is 311 g/mol. The molecule has 1 amide bonds. The second-order valence-corrected chi connectivity index (χ2v) is 4.96. The predicted octanol–water partition coefficient (Wildman–Crippen LogP) is 3.39. The van der Waals surface area contributed by atoms with E-state index in [-0.39, 0.29) is 11.7 Å². The highest BCUT2D eigenvalue weighted by molar-refractivity contribution is 6.02. The zero-order valence-electron chi connectivity index (χ0n) is 13.8. The molecule has 0 aliphatic rings. The van der Waals surface area contributed by atoms with Gasteiger partial charge in [-0.15, -0.1) is 0 Å². The molecule has 126 valence electrons. The van der Waals surface area contributed by atoms with Crippen molar-refractivity contribution in [3.05, 3.63) is 59.4 Å². The summed E-state index contributed by atoms with van der Waals surface area (Å²) in [6.45, 7) is 1.91. The van der Waals surface area contributed by atoms with Gasteiger partial charge in [-0.25, -0.2) is 9.82 Å². The fraction of sp³-hybridized carbons (Fsp3) is 0.222. The quantitative estimate of drug-likeness (QED) is 0.652. The number of carbonyl (C=O) groups excluding carboxylic acids is 1. The normalized spacial score (nSPS) is 11.1. The highest BCUT2D eigenvalue weighted by Crippen LogP contribution is 2.22. The molecule has 0 radical (unpaired) electrons. The molecule has 1 N–H and O–H groups in total. The average Bonchev–Trinajstić information content (AvgIpc) is 2.62. The molecule has 0 saturated carbocycles. The molecule has 0 atom stereocenters. The lowest BCUT2D eigenvalue weighted by atomic mass is 10.1. The summed E-state index contributed by atoms with van der Waals surface area (Å²) in [7, 11) is 3.02. The van der Waals surface area contributed by atoms with Crippen molar-refractivity contribution >= 4 is 11.6 Å². The van der Waals surface area contributed by atoms with Crippen LogP contribution in [-0.2, 0) is 0 Å². The topological polar surface area (TPSA) is 59.9 Å². The van der Waals surface area contributed by atoms with Gasteiger partial charge in [-0.1, -0.05) is 19.1 Å². The van der Waals surface area contributed by atoms with Gasteiger partial charge in [0, 0.05) is 11.6 Å². The first-order chi connectivity index (χ1) is 11.6. The fourth-order valence-electron chi connectivity index (χ4n) is 2.11. The second-order valence-electron chi connectivity index (χ2n) is 4.96. The highest BCUT2D eigenvalue weighted by atomic mass is 19.1. The van der Waals surface area contributed by atoms with Crippen LogP contribution in [-0.4, -0.2) is 25.8 Å². The fourth-order valence-corrected chi connectivity index (χ4v) is 2.11. The Labute approximate surface area is 140 Å². The van der Waals surface area contributed by atoms with E-state index in [9.17, 15) is 9.18 Å². The van der Waals surface area contributed by atoms with Gasteiger partial charge in [-0.05, 0) is 36.2 Å². The van der Waals surface area contributed by atoms with Crippen LogP contribution >= 0.6 is 0 Å². The molecule has 0 fully saturated rings. The van der Waals surface area contributed by atoms with Crippen molar-refractivity contribution < 1.29 is 18.7 Å². The number of amides is 1. The summed E-state index contributed by atoms with van der Waals surface area (Å²) in [5.74, 6) is 0.317. The lowest BCUT2D eigenvalue weighted by molar-refractivity contribution is 0.0954. The Bertz CT molecular complexity index is 720. The first kappa shape index (κ1) is 17.5. The molecule has 0 spiro atoms. The van der Waals surface area contributed by atoms with Gasteiger partial charge in [0.15, 0.2) is 0 Å². The van der Waals surface area contributed by atoms with Crippen molar-refractivity contribution in [2.45, 2.75) is 13.3 Å². The number of hydrazone groups is 1. The molecule has 0 bridgehead atoms. The SMILES string of the molecule is CC/C(=N/NC(=O)c1cc(OC)cc(OC)c1)c1ccc(F)cc1. The number of methoxy groups -OCH3 is 2. The molecule has 6 heteroatoms. The zero-order chi connectivity index (χ0) is 17.5. The number of hydrogen-bond acceptors (Lipinski definition) is 4. The van der Waals surface area contributed by atoms with Crippen molar-refractivity contribution in [3.8, 4) is 11.5 Å². The van der Waals surface area contributed by atoms with E-state index < -0.39 is 0 Å². The Morgan fingerprint density at radius 3 is 2.12 bits per heavy atom. The van der Waals surface area contributed by atoms with Gasteiger partial charge >= 0.3 is 0 Å². The molecule has 2 rings (SSSR count). The van der Waals surface area contributed by atoms with Crippen molar-refractivity contribution in [1.82, 2.24) is 5.43 Å². The van der Waals surface area contributed by atoms with E-state index in [1.165, 1.54) is 26.4 Å². The van der Waals surface area contributed by atoms with Crippen molar-refractivity contribution in [2.75, 3.05) is 14.2 Å². The third kappa shape index (κ3) is 4.32. The van der Waals surface area contributed by atoms with Crippen LogP contribution < -0.4 is 14.9 Å². The molecule has 0 saturated heterocycles. The molecule has 2 aromatic carbocycles. The Kier molecular flexibility index (Phi) is 5.89. The van der Waals surface area contributed by atoms with Crippen LogP contribution in [0.3, 0.4) is 0 Å². The van der Waals surface area contributed by atoms with Crippen LogP contribution in [0.2, 0.25) is 0 Å². The summed E-state index contributed by atoms with van der Waals surface area (Å²) < 4.78 is 23.3. The summed E-state index contributed by atoms with van der Waals surface area (Å²) in [5.41, 5.74) is 4.28. The zero-order valence-corrected chi connectivity index (χ0v) is 13.8. The third-order valence-corrected chi connectivity index (χ3v) is 3.42. The Hall–Kier alpha value is -2.89. The number of benzene rings is 2. The molecule has 2 aromatic rings. The van der Waals surface area contributed by atoms with Crippen LogP contribution in [0.15, 0.2) is 47.6 Å². The number of nitrogens with zero attached hydrogens (tertiary/aromatic N) is 1. The van der Waals surface area contributed by atoms with Gasteiger partial charge in [0.2, 0.25) is 0 Å². The van der Waals surface area contributed by atoms with Crippen LogP contribution in [0.1, 0.15) is 29.3 Å². The Balaban J connectivity index is 2.20.